The Labute approximate surface area is 84.8 Å². The molecule has 1 aromatic carbocycles. The van der Waals surface area contributed by atoms with Crippen LogP contribution in [-0.4, -0.2) is 18.3 Å². The first kappa shape index (κ1) is 11.0. The highest BCUT2D eigenvalue weighted by Gasteiger charge is 2.18. The summed E-state index contributed by atoms with van der Waals surface area (Å²) >= 11 is 0. The van der Waals surface area contributed by atoms with Crippen LogP contribution in [-0.2, 0) is 4.74 Å². The molecule has 1 rings (SSSR count). The highest BCUT2D eigenvalue weighted by molar-refractivity contribution is 5.18. The molecule has 0 aliphatic heterocycles. The van der Waals surface area contributed by atoms with E-state index in [1.807, 2.05) is 30.3 Å². The van der Waals surface area contributed by atoms with Gasteiger partial charge >= 0.3 is 0 Å². The number of ether oxygens (including phenoxy) is 1. The summed E-state index contributed by atoms with van der Waals surface area (Å²) in [6, 6.07) is 9.70. The van der Waals surface area contributed by atoms with Crippen molar-refractivity contribution >= 4 is 0 Å². The number of benzene rings is 1. The van der Waals surface area contributed by atoms with Crippen LogP contribution in [0.1, 0.15) is 18.1 Å². The summed E-state index contributed by atoms with van der Waals surface area (Å²) in [6.45, 7) is 3.60. The van der Waals surface area contributed by atoms with E-state index in [4.69, 9.17) is 4.74 Å². The fourth-order valence-corrected chi connectivity index (χ4v) is 1.45. The van der Waals surface area contributed by atoms with Crippen molar-refractivity contribution in [1.29, 1.82) is 0 Å². The van der Waals surface area contributed by atoms with Crippen LogP contribution in [0.5, 0.6) is 0 Å². The number of aliphatic hydroxyl groups excluding tert-OH is 1. The fraction of sp³-hybridized carbons (Fsp3) is 0.333. The third kappa shape index (κ3) is 2.69. The van der Waals surface area contributed by atoms with Gasteiger partial charge in [-0.1, -0.05) is 36.4 Å². The standard InChI is InChI=1S/C12H16O2/c1-3-7-11(13)12(14-2)10-8-5-4-6-9-10/h3-6,8-9,11-13H,1,7H2,2H3/t11-,12+/m1/s1. The lowest BCUT2D eigenvalue weighted by Gasteiger charge is -2.20. The van der Waals surface area contributed by atoms with Crippen LogP contribution in [0.15, 0.2) is 43.0 Å². The van der Waals surface area contributed by atoms with Crippen LogP contribution in [0.3, 0.4) is 0 Å². The zero-order valence-electron chi connectivity index (χ0n) is 8.39. The molecule has 0 amide bonds. The summed E-state index contributed by atoms with van der Waals surface area (Å²) in [6.07, 6.45) is 1.43. The molecule has 0 saturated carbocycles. The summed E-state index contributed by atoms with van der Waals surface area (Å²) in [5, 5.41) is 9.77. The Morgan fingerprint density at radius 1 is 1.43 bits per heavy atom. The van der Waals surface area contributed by atoms with E-state index in [1.165, 1.54) is 0 Å². The van der Waals surface area contributed by atoms with Crippen molar-refractivity contribution in [3.8, 4) is 0 Å². The molecular formula is C12H16O2. The van der Waals surface area contributed by atoms with Gasteiger partial charge in [0.1, 0.15) is 6.10 Å². The zero-order chi connectivity index (χ0) is 10.4. The third-order valence-electron chi connectivity index (χ3n) is 2.14. The van der Waals surface area contributed by atoms with Gasteiger partial charge in [-0.25, -0.2) is 0 Å². The van der Waals surface area contributed by atoms with E-state index in [0.29, 0.717) is 6.42 Å². The van der Waals surface area contributed by atoms with Gasteiger partial charge in [-0.2, -0.15) is 0 Å². The number of aliphatic hydroxyl groups is 1. The molecular weight excluding hydrogens is 176 g/mol. The molecule has 76 valence electrons. The van der Waals surface area contributed by atoms with Crippen molar-refractivity contribution in [1.82, 2.24) is 0 Å². The maximum atomic E-state index is 9.77. The van der Waals surface area contributed by atoms with E-state index < -0.39 is 6.10 Å². The summed E-state index contributed by atoms with van der Waals surface area (Å²) < 4.78 is 5.25. The number of rotatable bonds is 5. The summed E-state index contributed by atoms with van der Waals surface area (Å²) in [5.74, 6) is 0. The van der Waals surface area contributed by atoms with E-state index in [1.54, 1.807) is 13.2 Å². The molecule has 1 aromatic rings. The van der Waals surface area contributed by atoms with Gasteiger partial charge < -0.3 is 9.84 Å². The lowest BCUT2D eigenvalue weighted by atomic mass is 10.0. The molecule has 0 unspecified atom stereocenters. The molecule has 0 aromatic heterocycles. The maximum Gasteiger partial charge on any atom is 0.108 e. The lowest BCUT2D eigenvalue weighted by molar-refractivity contribution is -0.0115. The molecule has 0 radical (unpaired) electrons. The van der Waals surface area contributed by atoms with E-state index in [2.05, 4.69) is 6.58 Å². The summed E-state index contributed by atoms with van der Waals surface area (Å²) in [4.78, 5) is 0. The minimum Gasteiger partial charge on any atom is -0.390 e. The molecule has 0 saturated heterocycles. The molecule has 0 aliphatic carbocycles. The van der Waals surface area contributed by atoms with Crippen LogP contribution in [0.25, 0.3) is 0 Å². The van der Waals surface area contributed by atoms with Crippen LogP contribution in [0.2, 0.25) is 0 Å². The van der Waals surface area contributed by atoms with Crippen molar-refractivity contribution in [2.24, 2.45) is 0 Å². The molecule has 0 bridgehead atoms. The van der Waals surface area contributed by atoms with Gasteiger partial charge in [0, 0.05) is 7.11 Å². The minimum absolute atomic E-state index is 0.269. The second-order valence-electron chi connectivity index (χ2n) is 3.16. The highest BCUT2D eigenvalue weighted by atomic mass is 16.5. The number of hydrogen-bond donors (Lipinski definition) is 1. The fourth-order valence-electron chi connectivity index (χ4n) is 1.45. The van der Waals surface area contributed by atoms with Crippen LogP contribution in [0.4, 0.5) is 0 Å². The van der Waals surface area contributed by atoms with Gasteiger partial charge in [-0.05, 0) is 12.0 Å². The van der Waals surface area contributed by atoms with Crippen molar-refractivity contribution in [3.63, 3.8) is 0 Å². The van der Waals surface area contributed by atoms with Crippen molar-refractivity contribution in [3.05, 3.63) is 48.6 Å². The quantitative estimate of drug-likeness (QED) is 0.725. The van der Waals surface area contributed by atoms with Gasteiger partial charge in [0.2, 0.25) is 0 Å². The summed E-state index contributed by atoms with van der Waals surface area (Å²) in [5.41, 5.74) is 0.990. The smallest absolute Gasteiger partial charge is 0.108 e. The number of methoxy groups -OCH3 is 1. The topological polar surface area (TPSA) is 29.5 Å². The average molecular weight is 192 g/mol. The van der Waals surface area contributed by atoms with Crippen molar-refractivity contribution in [2.45, 2.75) is 18.6 Å². The predicted molar refractivity (Wildman–Crippen MR) is 57.0 cm³/mol. The van der Waals surface area contributed by atoms with Crippen LogP contribution in [0, 0.1) is 0 Å². The van der Waals surface area contributed by atoms with Gasteiger partial charge in [-0.3, -0.25) is 0 Å². The van der Waals surface area contributed by atoms with E-state index in [-0.39, 0.29) is 6.10 Å². The molecule has 0 heterocycles. The maximum absolute atomic E-state index is 9.77. The first-order valence-electron chi connectivity index (χ1n) is 4.66. The molecule has 0 aliphatic rings. The Kier molecular flexibility index (Phi) is 4.36. The largest absolute Gasteiger partial charge is 0.390 e. The summed E-state index contributed by atoms with van der Waals surface area (Å²) in [7, 11) is 1.60. The zero-order valence-corrected chi connectivity index (χ0v) is 8.39. The normalized spacial score (nSPS) is 14.7. The molecule has 2 atom stereocenters. The Balaban J connectivity index is 2.76. The van der Waals surface area contributed by atoms with Gasteiger partial charge in [0.25, 0.3) is 0 Å². The molecule has 0 spiro atoms. The van der Waals surface area contributed by atoms with E-state index >= 15 is 0 Å². The van der Waals surface area contributed by atoms with Gasteiger partial charge in [0.05, 0.1) is 6.10 Å². The van der Waals surface area contributed by atoms with Crippen LogP contribution < -0.4 is 0 Å². The minimum atomic E-state index is -0.528. The third-order valence-corrected chi connectivity index (χ3v) is 2.14. The monoisotopic (exact) mass is 192 g/mol. The average Bonchev–Trinajstić information content (AvgIpc) is 2.21. The second kappa shape index (κ2) is 5.58. The van der Waals surface area contributed by atoms with Gasteiger partial charge in [0.15, 0.2) is 0 Å². The predicted octanol–water partition coefficient (Wildman–Crippen LogP) is 2.31. The van der Waals surface area contributed by atoms with E-state index in [0.717, 1.165) is 5.56 Å². The Morgan fingerprint density at radius 2 is 2.07 bits per heavy atom. The Morgan fingerprint density at radius 3 is 2.57 bits per heavy atom. The molecule has 1 N–H and O–H groups in total. The van der Waals surface area contributed by atoms with Crippen molar-refractivity contribution in [2.75, 3.05) is 7.11 Å². The Hall–Kier alpha value is -1.12. The highest BCUT2D eigenvalue weighted by Crippen LogP contribution is 2.22. The number of hydrogen-bond acceptors (Lipinski definition) is 2. The first-order valence-corrected chi connectivity index (χ1v) is 4.66. The Bertz CT molecular complexity index is 269. The molecule has 0 fully saturated rings. The van der Waals surface area contributed by atoms with Gasteiger partial charge in [-0.15, -0.1) is 6.58 Å². The van der Waals surface area contributed by atoms with E-state index in [9.17, 15) is 5.11 Å². The second-order valence-corrected chi connectivity index (χ2v) is 3.16. The SMILES string of the molecule is C=CC[C@@H](O)[C@@H](OC)c1ccccc1. The lowest BCUT2D eigenvalue weighted by Crippen LogP contribution is -2.19. The molecule has 2 heteroatoms. The first-order chi connectivity index (χ1) is 6.79. The van der Waals surface area contributed by atoms with Crippen LogP contribution >= 0.6 is 0 Å². The van der Waals surface area contributed by atoms with Crippen molar-refractivity contribution < 1.29 is 9.84 Å². The molecule has 2 nitrogen and oxygen atoms in total. The molecule has 14 heavy (non-hydrogen) atoms.